The zero-order valence-electron chi connectivity index (χ0n) is 12.2. The minimum Gasteiger partial charge on any atom is -0.319 e. The molecule has 0 aliphatic carbocycles. The van der Waals surface area contributed by atoms with Crippen LogP contribution in [-0.2, 0) is 15.8 Å². The van der Waals surface area contributed by atoms with Gasteiger partial charge in [0.05, 0.1) is 17.4 Å². The molecule has 0 saturated carbocycles. The van der Waals surface area contributed by atoms with E-state index in [9.17, 15) is 8.42 Å². The smallest absolute Gasteiger partial charge is 0.218 e. The Hall–Kier alpha value is -1.42. The molecule has 114 valence electrons. The van der Waals surface area contributed by atoms with Crippen molar-refractivity contribution in [3.63, 3.8) is 0 Å². The van der Waals surface area contributed by atoms with Gasteiger partial charge in [-0.15, -0.1) is 0 Å². The summed E-state index contributed by atoms with van der Waals surface area (Å²) < 4.78 is 26.7. The lowest BCUT2D eigenvalue weighted by molar-refractivity contribution is 0.263. The summed E-state index contributed by atoms with van der Waals surface area (Å²) in [5.74, 6) is 0.271. The highest BCUT2D eigenvalue weighted by molar-refractivity contribution is 7.88. The van der Waals surface area contributed by atoms with Gasteiger partial charge in [-0.05, 0) is 44.0 Å². The highest BCUT2D eigenvalue weighted by atomic mass is 32.2. The second kappa shape index (κ2) is 7.03. The molecule has 1 N–H and O–H groups in total. The molecule has 21 heavy (non-hydrogen) atoms. The zero-order chi connectivity index (χ0) is 15.3. The maximum absolute atomic E-state index is 12.6. The Labute approximate surface area is 126 Å². The van der Waals surface area contributed by atoms with Crippen LogP contribution in [0.3, 0.4) is 0 Å². The summed E-state index contributed by atoms with van der Waals surface area (Å²) >= 11 is 0. The first-order valence-electron chi connectivity index (χ1n) is 7.17. The molecule has 0 aromatic heterocycles. The fraction of sp³-hybridized carbons (Fsp3) is 0.533. The molecule has 1 unspecified atom stereocenters. The highest BCUT2D eigenvalue weighted by Gasteiger charge is 2.29. The second-order valence-corrected chi connectivity index (χ2v) is 7.42. The molecule has 0 amide bonds. The van der Waals surface area contributed by atoms with E-state index >= 15 is 0 Å². The first kappa shape index (κ1) is 16.0. The largest absolute Gasteiger partial charge is 0.319 e. The van der Waals surface area contributed by atoms with E-state index in [-0.39, 0.29) is 5.75 Å². The molecule has 1 fully saturated rings. The van der Waals surface area contributed by atoms with Crippen LogP contribution in [0.5, 0.6) is 0 Å². The van der Waals surface area contributed by atoms with Crippen LogP contribution in [0.4, 0.5) is 0 Å². The molecule has 1 saturated heterocycles. The van der Waals surface area contributed by atoms with Crippen molar-refractivity contribution in [2.75, 3.05) is 26.7 Å². The molecule has 0 spiro atoms. The van der Waals surface area contributed by atoms with Crippen LogP contribution in [0.1, 0.15) is 24.0 Å². The zero-order valence-corrected chi connectivity index (χ0v) is 13.1. The predicted molar refractivity (Wildman–Crippen MR) is 82.0 cm³/mol. The third-order valence-electron chi connectivity index (χ3n) is 3.84. The van der Waals surface area contributed by atoms with Crippen molar-refractivity contribution in [1.29, 1.82) is 5.26 Å². The van der Waals surface area contributed by atoms with Gasteiger partial charge >= 0.3 is 0 Å². The number of piperidine rings is 1. The Morgan fingerprint density at radius 1 is 1.43 bits per heavy atom. The lowest BCUT2D eigenvalue weighted by Gasteiger charge is -2.32. The maximum Gasteiger partial charge on any atom is 0.218 e. The van der Waals surface area contributed by atoms with E-state index in [1.807, 2.05) is 7.05 Å². The van der Waals surface area contributed by atoms with Gasteiger partial charge in [-0.2, -0.15) is 5.26 Å². The normalized spacial score (nSPS) is 20.1. The molecular weight excluding hydrogens is 286 g/mol. The van der Waals surface area contributed by atoms with Crippen molar-refractivity contribution < 1.29 is 8.42 Å². The Morgan fingerprint density at radius 2 is 2.19 bits per heavy atom. The van der Waals surface area contributed by atoms with Crippen molar-refractivity contribution >= 4 is 10.0 Å². The molecule has 1 heterocycles. The lowest BCUT2D eigenvalue weighted by Crippen LogP contribution is -2.42. The van der Waals surface area contributed by atoms with Gasteiger partial charge in [0, 0.05) is 13.1 Å². The molecule has 5 nitrogen and oxygen atoms in total. The van der Waals surface area contributed by atoms with Gasteiger partial charge in [0.2, 0.25) is 10.0 Å². The first-order chi connectivity index (χ1) is 10.1. The standard InChI is InChI=1S/C15H21N3O2S/c1-17-10-13-5-4-8-18(11-13)21(19,20)12-15-7-3-2-6-14(15)9-16/h2-3,6-7,13,17H,4-5,8,10-12H2,1H3. The van der Waals surface area contributed by atoms with Gasteiger partial charge in [0.1, 0.15) is 0 Å². The SMILES string of the molecule is CNCC1CCCN(S(=O)(=O)Cc2ccccc2C#N)C1. The maximum atomic E-state index is 12.6. The number of nitriles is 1. The van der Waals surface area contributed by atoms with E-state index in [0.29, 0.717) is 30.1 Å². The Balaban J connectivity index is 2.13. The van der Waals surface area contributed by atoms with E-state index in [4.69, 9.17) is 5.26 Å². The number of nitrogens with one attached hydrogen (secondary N) is 1. The molecule has 1 aromatic rings. The predicted octanol–water partition coefficient (Wildman–Crippen LogP) is 1.32. The fourth-order valence-electron chi connectivity index (χ4n) is 2.78. The van der Waals surface area contributed by atoms with Gasteiger partial charge in [-0.25, -0.2) is 12.7 Å². The Kier molecular flexibility index (Phi) is 5.34. The number of hydrogen-bond acceptors (Lipinski definition) is 4. The van der Waals surface area contributed by atoms with E-state index in [0.717, 1.165) is 19.4 Å². The molecule has 2 rings (SSSR count). The average molecular weight is 307 g/mol. The fourth-order valence-corrected chi connectivity index (χ4v) is 4.45. The lowest BCUT2D eigenvalue weighted by atomic mass is 10.00. The second-order valence-electron chi connectivity index (χ2n) is 5.45. The molecule has 1 aliphatic rings. The Bertz CT molecular complexity index is 620. The van der Waals surface area contributed by atoms with E-state index in [1.165, 1.54) is 0 Å². The number of rotatable bonds is 5. The third kappa shape index (κ3) is 4.03. The summed E-state index contributed by atoms with van der Waals surface area (Å²) in [6, 6.07) is 8.95. The van der Waals surface area contributed by atoms with E-state index in [1.54, 1.807) is 28.6 Å². The quantitative estimate of drug-likeness (QED) is 0.890. The van der Waals surface area contributed by atoms with Gasteiger partial charge in [-0.3, -0.25) is 0 Å². The summed E-state index contributed by atoms with van der Waals surface area (Å²) in [4.78, 5) is 0. The summed E-state index contributed by atoms with van der Waals surface area (Å²) in [7, 11) is -1.48. The monoisotopic (exact) mass is 307 g/mol. The molecular formula is C15H21N3O2S. The molecule has 1 aromatic carbocycles. The molecule has 0 bridgehead atoms. The van der Waals surface area contributed by atoms with Crippen molar-refractivity contribution in [2.24, 2.45) is 5.92 Å². The van der Waals surface area contributed by atoms with Gasteiger partial charge in [0.25, 0.3) is 0 Å². The third-order valence-corrected chi connectivity index (χ3v) is 5.64. The number of sulfonamides is 1. The molecule has 1 aliphatic heterocycles. The molecule has 0 radical (unpaired) electrons. The van der Waals surface area contributed by atoms with Crippen LogP contribution < -0.4 is 5.32 Å². The van der Waals surface area contributed by atoms with Crippen molar-refractivity contribution in [2.45, 2.75) is 18.6 Å². The van der Waals surface area contributed by atoms with Gasteiger partial charge in [0.15, 0.2) is 0 Å². The van der Waals surface area contributed by atoms with Crippen LogP contribution in [0.25, 0.3) is 0 Å². The van der Waals surface area contributed by atoms with Crippen LogP contribution in [0.2, 0.25) is 0 Å². The van der Waals surface area contributed by atoms with Gasteiger partial charge < -0.3 is 5.32 Å². The van der Waals surface area contributed by atoms with Crippen molar-refractivity contribution in [1.82, 2.24) is 9.62 Å². The highest BCUT2D eigenvalue weighted by Crippen LogP contribution is 2.22. The molecule has 1 atom stereocenters. The minimum atomic E-state index is -3.37. The number of benzene rings is 1. The summed E-state index contributed by atoms with van der Waals surface area (Å²) in [5, 5.41) is 12.2. The van der Waals surface area contributed by atoms with E-state index in [2.05, 4.69) is 11.4 Å². The van der Waals surface area contributed by atoms with E-state index < -0.39 is 10.0 Å². The summed E-state index contributed by atoms with van der Waals surface area (Å²) in [6.07, 6.45) is 1.95. The summed E-state index contributed by atoms with van der Waals surface area (Å²) in [6.45, 7) is 1.98. The van der Waals surface area contributed by atoms with Crippen LogP contribution in [0.15, 0.2) is 24.3 Å². The van der Waals surface area contributed by atoms with Crippen LogP contribution in [-0.4, -0.2) is 39.4 Å². The first-order valence-corrected chi connectivity index (χ1v) is 8.78. The van der Waals surface area contributed by atoms with Crippen molar-refractivity contribution in [3.8, 4) is 6.07 Å². The van der Waals surface area contributed by atoms with Crippen molar-refractivity contribution in [3.05, 3.63) is 35.4 Å². The topological polar surface area (TPSA) is 73.2 Å². The average Bonchev–Trinajstić information content (AvgIpc) is 2.48. The van der Waals surface area contributed by atoms with Crippen LogP contribution >= 0.6 is 0 Å². The number of hydrogen-bond donors (Lipinski definition) is 1. The van der Waals surface area contributed by atoms with Gasteiger partial charge in [-0.1, -0.05) is 18.2 Å². The minimum absolute atomic E-state index is 0.0942. The Morgan fingerprint density at radius 3 is 2.90 bits per heavy atom. The van der Waals surface area contributed by atoms with Crippen LogP contribution in [0, 0.1) is 17.2 Å². The number of nitrogens with zero attached hydrogens (tertiary/aromatic N) is 2. The summed E-state index contributed by atoms with van der Waals surface area (Å²) in [5.41, 5.74) is 1.01. The molecule has 6 heteroatoms.